The van der Waals surface area contributed by atoms with Crippen molar-refractivity contribution in [1.82, 2.24) is 15.1 Å². The first-order chi connectivity index (χ1) is 12.6. The van der Waals surface area contributed by atoms with Crippen LogP contribution in [0.5, 0.6) is 11.5 Å². The Morgan fingerprint density at radius 3 is 2.54 bits per heavy atom. The van der Waals surface area contributed by atoms with Gasteiger partial charge in [-0.3, -0.25) is 19.8 Å². The van der Waals surface area contributed by atoms with Crippen LogP contribution in [0, 0.1) is 10.1 Å². The van der Waals surface area contributed by atoms with Gasteiger partial charge in [-0.25, -0.2) is 0 Å². The fourth-order valence-electron chi connectivity index (χ4n) is 3.84. The Kier molecular flexibility index (Phi) is 4.64. The Morgan fingerprint density at radius 1 is 1.15 bits per heavy atom. The molecule has 0 aromatic heterocycles. The number of nitro groups is 1. The van der Waals surface area contributed by atoms with Crippen molar-refractivity contribution in [3.05, 3.63) is 27.8 Å². The van der Waals surface area contributed by atoms with E-state index in [2.05, 4.69) is 10.2 Å². The first kappa shape index (κ1) is 17.0. The number of fused-ring (bicyclic) bond motifs is 1. The van der Waals surface area contributed by atoms with E-state index < -0.39 is 4.92 Å². The SMILES string of the molecule is O=C(c1cc2c(cc1[N+](=O)[O-])OCCO2)N1CCC(N2CCNCC2)C1. The number of likely N-dealkylation sites (tertiary alicyclic amines) is 1. The van der Waals surface area contributed by atoms with Gasteiger partial charge >= 0.3 is 0 Å². The third kappa shape index (κ3) is 3.19. The number of benzene rings is 1. The van der Waals surface area contributed by atoms with Crippen LogP contribution in [0.2, 0.25) is 0 Å². The van der Waals surface area contributed by atoms with Crippen LogP contribution >= 0.6 is 0 Å². The summed E-state index contributed by atoms with van der Waals surface area (Å²) in [6, 6.07) is 3.07. The molecule has 1 amide bonds. The monoisotopic (exact) mass is 362 g/mol. The van der Waals surface area contributed by atoms with Crippen LogP contribution in [0.3, 0.4) is 0 Å². The van der Waals surface area contributed by atoms with Gasteiger partial charge in [0.1, 0.15) is 18.8 Å². The van der Waals surface area contributed by atoms with Crippen LogP contribution in [0.4, 0.5) is 5.69 Å². The van der Waals surface area contributed by atoms with E-state index in [0.29, 0.717) is 43.8 Å². The van der Waals surface area contributed by atoms with E-state index in [4.69, 9.17) is 9.47 Å². The van der Waals surface area contributed by atoms with Crippen molar-refractivity contribution in [2.75, 3.05) is 52.5 Å². The van der Waals surface area contributed by atoms with Crippen LogP contribution < -0.4 is 14.8 Å². The predicted molar refractivity (Wildman–Crippen MR) is 92.8 cm³/mol. The Hall–Kier alpha value is -2.39. The number of nitrogens with one attached hydrogen (secondary N) is 1. The summed E-state index contributed by atoms with van der Waals surface area (Å²) >= 11 is 0. The maximum atomic E-state index is 13.0. The maximum absolute atomic E-state index is 13.0. The molecular formula is C17H22N4O5. The van der Waals surface area contributed by atoms with Crippen molar-refractivity contribution in [2.24, 2.45) is 0 Å². The Bertz CT molecular complexity index is 719. The number of nitrogens with zero attached hydrogens (tertiary/aromatic N) is 3. The number of rotatable bonds is 3. The average Bonchev–Trinajstić information content (AvgIpc) is 3.17. The number of nitro benzene ring substituents is 1. The molecule has 2 saturated heterocycles. The van der Waals surface area contributed by atoms with Gasteiger partial charge in [0.2, 0.25) is 0 Å². The van der Waals surface area contributed by atoms with E-state index in [0.717, 1.165) is 32.6 Å². The van der Waals surface area contributed by atoms with Gasteiger partial charge in [0, 0.05) is 51.4 Å². The quantitative estimate of drug-likeness (QED) is 0.617. The zero-order valence-electron chi connectivity index (χ0n) is 14.5. The number of hydrogen-bond acceptors (Lipinski definition) is 7. The van der Waals surface area contributed by atoms with Gasteiger partial charge in [0.25, 0.3) is 11.6 Å². The van der Waals surface area contributed by atoms with Crippen molar-refractivity contribution in [2.45, 2.75) is 12.5 Å². The predicted octanol–water partition coefficient (Wildman–Crippen LogP) is 0.486. The standard InChI is InChI=1S/C17H22N4O5/c22-17(20-4-1-12(11-20)19-5-2-18-3-6-19)13-9-15-16(26-8-7-25-15)10-14(13)21(23)24/h9-10,12,18H,1-8,11H2. The van der Waals surface area contributed by atoms with E-state index in [-0.39, 0.29) is 17.2 Å². The molecular weight excluding hydrogens is 340 g/mol. The molecule has 0 saturated carbocycles. The van der Waals surface area contributed by atoms with Crippen LogP contribution in [0.15, 0.2) is 12.1 Å². The molecule has 9 heteroatoms. The van der Waals surface area contributed by atoms with E-state index in [9.17, 15) is 14.9 Å². The number of ether oxygens (including phenoxy) is 2. The molecule has 9 nitrogen and oxygen atoms in total. The van der Waals surface area contributed by atoms with Crippen molar-refractivity contribution < 1.29 is 19.2 Å². The highest BCUT2D eigenvalue weighted by molar-refractivity contribution is 5.99. The third-order valence-corrected chi connectivity index (χ3v) is 5.21. The van der Waals surface area contributed by atoms with Gasteiger partial charge in [0.15, 0.2) is 11.5 Å². The fourth-order valence-corrected chi connectivity index (χ4v) is 3.84. The molecule has 1 atom stereocenters. The number of amides is 1. The van der Waals surface area contributed by atoms with Gasteiger partial charge in [0.05, 0.1) is 11.0 Å². The molecule has 0 aliphatic carbocycles. The van der Waals surface area contributed by atoms with Crippen LogP contribution in [-0.2, 0) is 0 Å². The molecule has 140 valence electrons. The van der Waals surface area contributed by atoms with Crippen molar-refractivity contribution in [3.63, 3.8) is 0 Å². The molecule has 3 aliphatic heterocycles. The van der Waals surface area contributed by atoms with E-state index in [1.807, 2.05) is 0 Å². The largest absolute Gasteiger partial charge is 0.486 e. The average molecular weight is 362 g/mol. The lowest BCUT2D eigenvalue weighted by Crippen LogP contribution is -2.49. The third-order valence-electron chi connectivity index (χ3n) is 5.21. The summed E-state index contributed by atoms with van der Waals surface area (Å²) in [6.45, 7) is 5.77. The lowest BCUT2D eigenvalue weighted by molar-refractivity contribution is -0.385. The fraction of sp³-hybridized carbons (Fsp3) is 0.588. The zero-order valence-corrected chi connectivity index (χ0v) is 14.5. The second-order valence-corrected chi connectivity index (χ2v) is 6.75. The van der Waals surface area contributed by atoms with Crippen LogP contribution in [0.25, 0.3) is 0 Å². The van der Waals surface area contributed by atoms with Crippen LogP contribution in [0.1, 0.15) is 16.8 Å². The van der Waals surface area contributed by atoms with Crippen molar-refractivity contribution in [3.8, 4) is 11.5 Å². The van der Waals surface area contributed by atoms with Gasteiger partial charge in [-0.05, 0) is 6.42 Å². The summed E-state index contributed by atoms with van der Waals surface area (Å²) in [7, 11) is 0. The molecule has 1 aromatic rings. The van der Waals surface area contributed by atoms with Gasteiger partial charge in [-0.15, -0.1) is 0 Å². The zero-order chi connectivity index (χ0) is 18.1. The summed E-state index contributed by atoms with van der Waals surface area (Å²) in [6.07, 6.45) is 0.893. The second kappa shape index (κ2) is 7.08. The second-order valence-electron chi connectivity index (χ2n) is 6.75. The molecule has 0 bridgehead atoms. The summed E-state index contributed by atoms with van der Waals surface area (Å²) in [4.78, 5) is 28.0. The summed E-state index contributed by atoms with van der Waals surface area (Å²) < 4.78 is 10.9. The highest BCUT2D eigenvalue weighted by Crippen LogP contribution is 2.37. The lowest BCUT2D eigenvalue weighted by atomic mass is 10.1. The van der Waals surface area contributed by atoms with Gasteiger partial charge in [-0.1, -0.05) is 0 Å². The topological polar surface area (TPSA) is 97.2 Å². The van der Waals surface area contributed by atoms with Gasteiger partial charge in [-0.2, -0.15) is 0 Å². The van der Waals surface area contributed by atoms with Crippen molar-refractivity contribution in [1.29, 1.82) is 0 Å². The number of carbonyl (C=O) groups is 1. The lowest BCUT2D eigenvalue weighted by Gasteiger charge is -2.32. The molecule has 1 N–H and O–H groups in total. The molecule has 1 aromatic carbocycles. The molecule has 3 aliphatic rings. The Morgan fingerprint density at radius 2 is 1.85 bits per heavy atom. The summed E-state index contributed by atoms with van der Waals surface area (Å²) in [5.41, 5.74) is -0.162. The van der Waals surface area contributed by atoms with E-state index in [1.165, 1.54) is 12.1 Å². The molecule has 2 fully saturated rings. The molecule has 0 spiro atoms. The number of piperazine rings is 1. The molecule has 4 rings (SSSR count). The van der Waals surface area contributed by atoms with Gasteiger partial charge < -0.3 is 19.7 Å². The minimum atomic E-state index is -0.532. The minimum absolute atomic E-state index is 0.0696. The van der Waals surface area contributed by atoms with Crippen molar-refractivity contribution >= 4 is 11.6 Å². The molecule has 1 unspecified atom stereocenters. The molecule has 0 radical (unpaired) electrons. The van der Waals surface area contributed by atoms with E-state index in [1.54, 1.807) is 4.90 Å². The summed E-state index contributed by atoms with van der Waals surface area (Å²) in [5.74, 6) is 0.397. The summed E-state index contributed by atoms with van der Waals surface area (Å²) in [5, 5.41) is 14.8. The molecule has 26 heavy (non-hydrogen) atoms. The highest BCUT2D eigenvalue weighted by atomic mass is 16.6. The Labute approximate surface area is 151 Å². The minimum Gasteiger partial charge on any atom is -0.486 e. The van der Waals surface area contributed by atoms with E-state index >= 15 is 0 Å². The number of carbonyl (C=O) groups excluding carboxylic acids is 1. The number of hydrogen-bond donors (Lipinski definition) is 1. The highest BCUT2D eigenvalue weighted by Gasteiger charge is 2.35. The molecule has 3 heterocycles. The normalized spacial score (nSPS) is 23.1. The Balaban J connectivity index is 1.55. The first-order valence-electron chi connectivity index (χ1n) is 8.95. The van der Waals surface area contributed by atoms with Crippen LogP contribution in [-0.4, -0.2) is 79.2 Å². The first-order valence-corrected chi connectivity index (χ1v) is 8.95. The smallest absolute Gasteiger partial charge is 0.286 e. The maximum Gasteiger partial charge on any atom is 0.286 e.